The average molecular weight is 262 g/mol. The van der Waals surface area contributed by atoms with Crippen molar-refractivity contribution in [2.45, 2.75) is 53.1 Å². The zero-order valence-electron chi connectivity index (χ0n) is 12.2. The highest BCUT2D eigenvalue weighted by Crippen LogP contribution is 2.61. The van der Waals surface area contributed by atoms with Crippen LogP contribution in [0.25, 0.3) is 0 Å². The second-order valence-corrected chi connectivity index (χ2v) is 7.28. The van der Waals surface area contributed by atoms with Gasteiger partial charge in [0.2, 0.25) is 0 Å². The predicted molar refractivity (Wildman–Crippen MR) is 71.4 cm³/mol. The summed E-state index contributed by atoms with van der Waals surface area (Å²) in [6.07, 6.45) is 4.08. The zero-order chi connectivity index (χ0) is 14.0. The van der Waals surface area contributed by atoms with Crippen LogP contribution in [-0.2, 0) is 14.3 Å². The smallest absolute Gasteiger partial charge is 0.331 e. The third-order valence-corrected chi connectivity index (χ3v) is 5.90. The second kappa shape index (κ2) is 3.71. The van der Waals surface area contributed by atoms with E-state index in [4.69, 9.17) is 4.74 Å². The molecule has 0 amide bonds. The SMILES string of the molecule is CC1C(=O)CC2C(C)(C)CCC3OC(=O)C=C1[C@@]32C. The van der Waals surface area contributed by atoms with Crippen LogP contribution in [0.1, 0.15) is 47.0 Å². The van der Waals surface area contributed by atoms with Crippen molar-refractivity contribution in [2.75, 3.05) is 0 Å². The zero-order valence-corrected chi connectivity index (χ0v) is 12.2. The topological polar surface area (TPSA) is 43.4 Å². The third-order valence-electron chi connectivity index (χ3n) is 5.90. The van der Waals surface area contributed by atoms with Crippen molar-refractivity contribution in [2.24, 2.45) is 22.7 Å². The summed E-state index contributed by atoms with van der Waals surface area (Å²) in [5.41, 5.74) is 0.996. The van der Waals surface area contributed by atoms with Gasteiger partial charge in [-0.25, -0.2) is 4.79 Å². The Kier molecular flexibility index (Phi) is 2.52. The van der Waals surface area contributed by atoms with E-state index in [2.05, 4.69) is 20.8 Å². The summed E-state index contributed by atoms with van der Waals surface area (Å²) in [6.45, 7) is 8.63. The van der Waals surface area contributed by atoms with Crippen LogP contribution in [0.4, 0.5) is 0 Å². The summed E-state index contributed by atoms with van der Waals surface area (Å²) in [7, 11) is 0. The molecule has 0 aromatic carbocycles. The van der Waals surface area contributed by atoms with Gasteiger partial charge in [0.05, 0.1) is 0 Å². The van der Waals surface area contributed by atoms with E-state index in [1.807, 2.05) is 6.92 Å². The van der Waals surface area contributed by atoms with Crippen LogP contribution in [0, 0.1) is 22.7 Å². The van der Waals surface area contributed by atoms with Crippen molar-refractivity contribution in [3.8, 4) is 0 Å². The number of hydrogen-bond donors (Lipinski definition) is 0. The molecular formula is C16H22O3. The maximum Gasteiger partial charge on any atom is 0.331 e. The number of rotatable bonds is 0. The molecular weight excluding hydrogens is 240 g/mol. The quantitative estimate of drug-likeness (QED) is 0.630. The summed E-state index contributed by atoms with van der Waals surface area (Å²) in [4.78, 5) is 24.1. The minimum absolute atomic E-state index is 0.0476. The van der Waals surface area contributed by atoms with E-state index in [1.54, 1.807) is 6.08 Å². The Balaban J connectivity index is 2.17. The molecule has 1 aliphatic heterocycles. The van der Waals surface area contributed by atoms with Gasteiger partial charge in [-0.05, 0) is 29.7 Å². The fourth-order valence-electron chi connectivity index (χ4n) is 4.67. The lowest BCUT2D eigenvalue weighted by Gasteiger charge is -2.59. The number of carbonyl (C=O) groups excluding carboxylic acids is 2. The molecule has 0 N–H and O–H groups in total. The van der Waals surface area contributed by atoms with Crippen molar-refractivity contribution < 1.29 is 14.3 Å². The first kappa shape index (κ1) is 12.9. The van der Waals surface area contributed by atoms with E-state index < -0.39 is 0 Å². The molecule has 3 nitrogen and oxygen atoms in total. The molecule has 19 heavy (non-hydrogen) atoms. The van der Waals surface area contributed by atoms with E-state index in [0.29, 0.717) is 6.42 Å². The lowest BCUT2D eigenvalue weighted by molar-refractivity contribution is -0.172. The van der Waals surface area contributed by atoms with Gasteiger partial charge < -0.3 is 4.74 Å². The fraction of sp³-hybridized carbons (Fsp3) is 0.750. The Hall–Kier alpha value is -1.12. The molecule has 4 atom stereocenters. The molecule has 0 saturated heterocycles. The average Bonchev–Trinajstić information content (AvgIpc) is 2.32. The van der Waals surface area contributed by atoms with Gasteiger partial charge in [0.15, 0.2) is 0 Å². The highest BCUT2D eigenvalue weighted by atomic mass is 16.5. The van der Waals surface area contributed by atoms with Crippen LogP contribution in [0.5, 0.6) is 0 Å². The number of carbonyl (C=O) groups is 2. The molecule has 0 spiro atoms. The molecule has 0 aromatic rings. The Labute approximate surface area is 114 Å². The van der Waals surface area contributed by atoms with Gasteiger partial charge in [-0.2, -0.15) is 0 Å². The maximum atomic E-state index is 12.3. The van der Waals surface area contributed by atoms with Crippen LogP contribution in [-0.4, -0.2) is 17.9 Å². The van der Waals surface area contributed by atoms with E-state index in [1.165, 1.54) is 0 Å². The summed E-state index contributed by atoms with van der Waals surface area (Å²) in [5.74, 6) is 0.155. The van der Waals surface area contributed by atoms with Gasteiger partial charge in [-0.15, -0.1) is 0 Å². The van der Waals surface area contributed by atoms with Gasteiger partial charge in [0.25, 0.3) is 0 Å². The predicted octanol–water partition coefficient (Wildman–Crippen LogP) is 2.89. The van der Waals surface area contributed by atoms with Crippen LogP contribution in [0.2, 0.25) is 0 Å². The molecule has 0 bridgehead atoms. The Morgan fingerprint density at radius 3 is 2.63 bits per heavy atom. The molecule has 3 rings (SSSR count). The first-order valence-electron chi connectivity index (χ1n) is 7.22. The Morgan fingerprint density at radius 1 is 1.26 bits per heavy atom. The first-order chi connectivity index (χ1) is 8.76. The van der Waals surface area contributed by atoms with E-state index >= 15 is 0 Å². The highest BCUT2D eigenvalue weighted by Gasteiger charge is 2.60. The number of Topliss-reactive ketones (excluding diaryl/α,β-unsaturated/α-hetero) is 1. The molecule has 3 heteroatoms. The van der Waals surface area contributed by atoms with E-state index in [9.17, 15) is 9.59 Å². The summed E-state index contributed by atoms with van der Waals surface area (Å²) in [5, 5.41) is 0. The largest absolute Gasteiger partial charge is 0.458 e. The monoisotopic (exact) mass is 262 g/mol. The van der Waals surface area contributed by atoms with Crippen molar-refractivity contribution >= 4 is 11.8 Å². The Morgan fingerprint density at radius 2 is 1.95 bits per heavy atom. The van der Waals surface area contributed by atoms with Crippen molar-refractivity contribution in [1.82, 2.24) is 0 Å². The van der Waals surface area contributed by atoms with Gasteiger partial charge in [0, 0.05) is 23.8 Å². The second-order valence-electron chi connectivity index (χ2n) is 7.28. The van der Waals surface area contributed by atoms with Crippen LogP contribution < -0.4 is 0 Å². The molecule has 0 radical (unpaired) electrons. The lowest BCUT2D eigenvalue weighted by atomic mass is 9.47. The van der Waals surface area contributed by atoms with Gasteiger partial charge in [-0.3, -0.25) is 4.79 Å². The molecule has 2 saturated carbocycles. The standard InChI is InChI=1S/C16H22O3/c1-9-10-7-14(18)19-13-5-6-15(2,3)12(8-11(9)17)16(10,13)4/h7,9,12-13H,5-6,8H2,1-4H3/t9?,12?,13?,16-/m1/s1. The maximum absolute atomic E-state index is 12.3. The molecule has 2 fully saturated rings. The lowest BCUT2D eigenvalue weighted by Crippen LogP contribution is -2.59. The summed E-state index contributed by atoms with van der Waals surface area (Å²) in [6, 6.07) is 0. The number of ketones is 1. The van der Waals surface area contributed by atoms with Crippen LogP contribution in [0.15, 0.2) is 11.6 Å². The summed E-state index contributed by atoms with van der Waals surface area (Å²) >= 11 is 0. The molecule has 3 unspecified atom stereocenters. The Bertz CT molecular complexity index is 488. The first-order valence-corrected chi connectivity index (χ1v) is 7.22. The van der Waals surface area contributed by atoms with Crippen LogP contribution >= 0.6 is 0 Å². The number of esters is 1. The van der Waals surface area contributed by atoms with Crippen molar-refractivity contribution in [3.05, 3.63) is 11.6 Å². The van der Waals surface area contributed by atoms with Crippen LogP contribution in [0.3, 0.4) is 0 Å². The van der Waals surface area contributed by atoms with E-state index in [0.717, 1.165) is 18.4 Å². The minimum Gasteiger partial charge on any atom is -0.458 e. The number of ether oxygens (including phenoxy) is 1. The molecule has 1 heterocycles. The number of hydrogen-bond acceptors (Lipinski definition) is 3. The fourth-order valence-corrected chi connectivity index (χ4v) is 4.67. The molecule has 3 aliphatic rings. The molecule has 0 aromatic heterocycles. The van der Waals surface area contributed by atoms with Gasteiger partial charge in [0.1, 0.15) is 11.9 Å². The highest BCUT2D eigenvalue weighted by molar-refractivity contribution is 5.91. The van der Waals surface area contributed by atoms with E-state index in [-0.39, 0.29) is 40.5 Å². The summed E-state index contributed by atoms with van der Waals surface area (Å²) < 4.78 is 5.58. The molecule has 2 aliphatic carbocycles. The molecule has 104 valence electrons. The minimum atomic E-state index is -0.266. The normalized spacial score (nSPS) is 44.2. The third kappa shape index (κ3) is 1.56. The van der Waals surface area contributed by atoms with Crippen molar-refractivity contribution in [1.29, 1.82) is 0 Å². The van der Waals surface area contributed by atoms with Crippen molar-refractivity contribution in [3.63, 3.8) is 0 Å². The van der Waals surface area contributed by atoms with Gasteiger partial charge in [-0.1, -0.05) is 27.7 Å². The van der Waals surface area contributed by atoms with Gasteiger partial charge >= 0.3 is 5.97 Å².